The third-order valence-electron chi connectivity index (χ3n) is 5.44. The van der Waals surface area contributed by atoms with Gasteiger partial charge in [-0.3, -0.25) is 9.13 Å². The second-order valence-electron chi connectivity index (χ2n) is 7.67. The summed E-state index contributed by atoms with van der Waals surface area (Å²) in [5.74, 6) is 0.0808. The molecule has 6 N–H and O–H groups in total. The molecule has 4 rings (SSSR count). The van der Waals surface area contributed by atoms with Crippen LogP contribution in [0.15, 0.2) is 22.2 Å². The Kier molecular flexibility index (Phi) is 7.50. The number of rotatable bonds is 4. The molecule has 0 spiro atoms. The number of aliphatic hydroxyl groups excluding tert-OH is 2. The summed E-state index contributed by atoms with van der Waals surface area (Å²) in [5, 5.41) is 18.7. The highest BCUT2D eigenvalue weighted by Crippen LogP contribution is 2.31. The molecule has 4 heterocycles. The monoisotopic (exact) mass is 452 g/mol. The fourth-order valence-corrected chi connectivity index (χ4v) is 3.62. The molecule has 176 valence electrons. The minimum Gasteiger partial charge on any atom is -0.394 e. The first-order chi connectivity index (χ1) is 15.2. The van der Waals surface area contributed by atoms with E-state index in [1.807, 2.05) is 13.8 Å². The average Bonchev–Trinajstić information content (AvgIpc) is 3.30. The van der Waals surface area contributed by atoms with E-state index in [1.165, 1.54) is 21.8 Å². The predicted molar refractivity (Wildman–Crippen MR) is 111 cm³/mol. The van der Waals surface area contributed by atoms with Gasteiger partial charge in [0.05, 0.1) is 24.9 Å². The largest absolute Gasteiger partial charge is 0.394 e. The van der Waals surface area contributed by atoms with E-state index in [-0.39, 0.29) is 36.6 Å². The topological polar surface area (TPSA) is 207 Å². The van der Waals surface area contributed by atoms with Crippen LogP contribution in [0.5, 0.6) is 0 Å². The van der Waals surface area contributed by atoms with E-state index in [0.29, 0.717) is 19.3 Å². The Labute approximate surface area is 182 Å². The van der Waals surface area contributed by atoms with E-state index in [1.54, 1.807) is 0 Å². The molecule has 0 aliphatic carbocycles. The number of hydrogen-bond acceptors (Lipinski definition) is 12. The highest BCUT2D eigenvalue weighted by molar-refractivity contribution is 5.10. The van der Waals surface area contributed by atoms with Gasteiger partial charge in [0.25, 0.3) is 0 Å². The van der Waals surface area contributed by atoms with Crippen molar-refractivity contribution >= 4 is 11.9 Å². The molecule has 32 heavy (non-hydrogen) atoms. The van der Waals surface area contributed by atoms with Gasteiger partial charge in [0.1, 0.15) is 25.1 Å². The maximum absolute atomic E-state index is 11.5. The second-order valence-corrected chi connectivity index (χ2v) is 7.67. The first-order valence-corrected chi connectivity index (χ1v) is 10.2. The van der Waals surface area contributed by atoms with E-state index < -0.39 is 29.9 Å². The molecule has 2 aromatic heterocycles. The average molecular weight is 452 g/mol. The van der Waals surface area contributed by atoms with Crippen LogP contribution in [0.3, 0.4) is 0 Å². The van der Waals surface area contributed by atoms with Crippen LogP contribution < -0.4 is 22.8 Å². The van der Waals surface area contributed by atoms with Crippen molar-refractivity contribution in [2.24, 2.45) is 5.92 Å². The molecular formula is C18H28N8O6. The van der Waals surface area contributed by atoms with Gasteiger partial charge in [-0.2, -0.15) is 9.97 Å². The molecule has 14 nitrogen and oxygen atoms in total. The number of aromatic nitrogens is 6. The fraction of sp³-hybridized carbons (Fsp3) is 0.667. The Hall–Kier alpha value is -2.94. The van der Waals surface area contributed by atoms with Gasteiger partial charge < -0.3 is 31.2 Å². The van der Waals surface area contributed by atoms with Crippen molar-refractivity contribution < 1.29 is 19.7 Å². The standard InChI is InChI=1S/2C9H14N4O3/c1-5-2-7(16-6(5)3-14)13-4-11-8(10)12-9(13)15;1-2-6-5(14)3-7(16-6)13-4-11-8(10)12-9(13)15/h2*4-7,14H,2-3H2,1H3,(H2,10,12,15)/t2*5?,6-,7-/m11/s1. The highest BCUT2D eigenvalue weighted by Gasteiger charge is 2.34. The molecule has 2 saturated heterocycles. The normalized spacial score (nSPS) is 29.5. The van der Waals surface area contributed by atoms with Gasteiger partial charge in [-0.15, -0.1) is 0 Å². The Morgan fingerprint density at radius 1 is 1.00 bits per heavy atom. The van der Waals surface area contributed by atoms with Gasteiger partial charge in [0.15, 0.2) is 0 Å². The molecule has 6 atom stereocenters. The molecule has 0 saturated carbocycles. The van der Waals surface area contributed by atoms with Gasteiger partial charge in [0, 0.05) is 6.42 Å². The van der Waals surface area contributed by atoms with Crippen LogP contribution in [0.2, 0.25) is 0 Å². The predicted octanol–water partition coefficient (Wildman–Crippen LogP) is -1.58. The van der Waals surface area contributed by atoms with E-state index in [9.17, 15) is 14.7 Å². The quantitative estimate of drug-likeness (QED) is 0.414. The molecule has 2 aliphatic rings. The molecule has 0 bridgehead atoms. The van der Waals surface area contributed by atoms with Gasteiger partial charge >= 0.3 is 11.4 Å². The summed E-state index contributed by atoms with van der Waals surface area (Å²) in [4.78, 5) is 37.5. The zero-order valence-electron chi connectivity index (χ0n) is 17.8. The second kappa shape index (κ2) is 10.1. The SMILES string of the molecule is CC1C[C@H](n2cnc(N)nc2=O)O[C@@H]1CO.CC[C@H]1O[C@@H](n2cnc(N)nc2=O)CC1O. The number of nitrogens with zero attached hydrogens (tertiary/aromatic N) is 6. The summed E-state index contributed by atoms with van der Waals surface area (Å²) in [6.45, 7) is 3.82. The van der Waals surface area contributed by atoms with Crippen molar-refractivity contribution in [2.45, 2.75) is 63.9 Å². The Morgan fingerprint density at radius 2 is 1.50 bits per heavy atom. The van der Waals surface area contributed by atoms with E-state index in [4.69, 9.17) is 26.0 Å². The Balaban J connectivity index is 0.000000181. The Bertz CT molecular complexity index is 948. The maximum Gasteiger partial charge on any atom is 0.354 e. The van der Waals surface area contributed by atoms with Gasteiger partial charge in [0.2, 0.25) is 11.9 Å². The van der Waals surface area contributed by atoms with Crippen molar-refractivity contribution in [1.82, 2.24) is 29.1 Å². The molecule has 0 aromatic carbocycles. The third-order valence-corrected chi connectivity index (χ3v) is 5.44. The van der Waals surface area contributed by atoms with Crippen LogP contribution in [-0.4, -0.2) is 64.2 Å². The van der Waals surface area contributed by atoms with Crippen molar-refractivity contribution in [3.63, 3.8) is 0 Å². The third kappa shape index (κ3) is 5.27. The highest BCUT2D eigenvalue weighted by atomic mass is 16.5. The van der Waals surface area contributed by atoms with E-state index >= 15 is 0 Å². The molecule has 2 fully saturated rings. The van der Waals surface area contributed by atoms with Gasteiger partial charge in [-0.05, 0) is 18.8 Å². The van der Waals surface area contributed by atoms with Gasteiger partial charge in [-0.1, -0.05) is 13.8 Å². The first-order valence-electron chi connectivity index (χ1n) is 10.2. The number of nitrogens with two attached hydrogens (primary N) is 2. The Morgan fingerprint density at radius 3 is 1.91 bits per heavy atom. The van der Waals surface area contributed by atoms with Crippen LogP contribution in [0.4, 0.5) is 11.9 Å². The zero-order valence-corrected chi connectivity index (χ0v) is 17.8. The lowest BCUT2D eigenvalue weighted by Gasteiger charge is -2.13. The van der Waals surface area contributed by atoms with Crippen molar-refractivity contribution in [3.05, 3.63) is 33.6 Å². The molecule has 0 radical (unpaired) electrons. The minimum absolute atomic E-state index is 0.0500. The van der Waals surface area contributed by atoms with Crippen LogP contribution in [-0.2, 0) is 9.47 Å². The smallest absolute Gasteiger partial charge is 0.354 e. The van der Waals surface area contributed by atoms with Crippen molar-refractivity contribution in [2.75, 3.05) is 18.1 Å². The van der Waals surface area contributed by atoms with Crippen LogP contribution in [0.1, 0.15) is 45.6 Å². The number of nitrogen functional groups attached to an aromatic ring is 2. The molecule has 0 amide bonds. The van der Waals surface area contributed by atoms with Gasteiger partial charge in [-0.25, -0.2) is 19.6 Å². The maximum atomic E-state index is 11.5. The summed E-state index contributed by atoms with van der Waals surface area (Å²) in [5.41, 5.74) is 9.58. The number of hydrogen-bond donors (Lipinski definition) is 4. The molecule has 14 heteroatoms. The number of ether oxygens (including phenoxy) is 2. The lowest BCUT2D eigenvalue weighted by atomic mass is 10.0. The lowest BCUT2D eigenvalue weighted by molar-refractivity contribution is -0.0317. The first kappa shape index (κ1) is 23.7. The summed E-state index contributed by atoms with van der Waals surface area (Å²) < 4.78 is 13.6. The molecule has 2 aliphatic heterocycles. The van der Waals surface area contributed by atoms with Crippen molar-refractivity contribution in [3.8, 4) is 0 Å². The zero-order chi connectivity index (χ0) is 23.4. The van der Waals surface area contributed by atoms with Crippen molar-refractivity contribution in [1.29, 1.82) is 0 Å². The minimum atomic E-state index is -0.556. The number of aliphatic hydroxyl groups is 2. The summed E-state index contributed by atoms with van der Waals surface area (Å²) in [7, 11) is 0. The summed E-state index contributed by atoms with van der Waals surface area (Å²) in [6, 6.07) is 0. The molecule has 2 unspecified atom stereocenters. The van der Waals surface area contributed by atoms with Crippen LogP contribution in [0, 0.1) is 5.92 Å². The van der Waals surface area contributed by atoms with Crippen LogP contribution in [0.25, 0.3) is 0 Å². The number of anilines is 2. The summed E-state index contributed by atoms with van der Waals surface area (Å²) >= 11 is 0. The molecular weight excluding hydrogens is 424 g/mol. The van der Waals surface area contributed by atoms with E-state index in [2.05, 4.69) is 19.9 Å². The van der Waals surface area contributed by atoms with E-state index in [0.717, 1.165) is 0 Å². The fourth-order valence-electron chi connectivity index (χ4n) is 3.62. The summed E-state index contributed by atoms with van der Waals surface area (Å²) in [6.07, 6.45) is 2.37. The lowest BCUT2D eigenvalue weighted by Crippen LogP contribution is -2.28. The molecule has 2 aromatic rings. The van der Waals surface area contributed by atoms with Crippen LogP contribution >= 0.6 is 0 Å².